The highest BCUT2D eigenvalue weighted by Crippen LogP contribution is 2.40. The van der Waals surface area contributed by atoms with Gasteiger partial charge in [-0.3, -0.25) is 4.98 Å². The number of hydrogen-bond donors (Lipinski definition) is 1. The quantitative estimate of drug-likeness (QED) is 0.782. The summed E-state index contributed by atoms with van der Waals surface area (Å²) in [7, 11) is 0. The summed E-state index contributed by atoms with van der Waals surface area (Å²) in [5, 5.41) is 6.14. The van der Waals surface area contributed by atoms with Gasteiger partial charge in [0, 0.05) is 17.8 Å². The fourth-order valence-corrected chi connectivity index (χ4v) is 2.97. The molecule has 1 saturated carbocycles. The molecule has 1 aliphatic rings. The van der Waals surface area contributed by atoms with Gasteiger partial charge in [-0.25, -0.2) is 9.97 Å². The van der Waals surface area contributed by atoms with Crippen LogP contribution in [0.4, 0.5) is 10.9 Å². The average Bonchev–Trinajstić information content (AvgIpc) is 3.29. The van der Waals surface area contributed by atoms with E-state index in [9.17, 15) is 0 Å². The van der Waals surface area contributed by atoms with Crippen molar-refractivity contribution in [3.05, 3.63) is 53.7 Å². The molecule has 4 rings (SSSR count). The number of hydrogen-bond acceptors (Lipinski definition) is 5. The van der Waals surface area contributed by atoms with E-state index in [0.29, 0.717) is 0 Å². The predicted octanol–water partition coefficient (Wildman–Crippen LogP) is 4.22. The molecule has 1 aliphatic carbocycles. The molecule has 4 nitrogen and oxygen atoms in total. The Morgan fingerprint density at radius 3 is 2.81 bits per heavy atom. The van der Waals surface area contributed by atoms with Crippen LogP contribution in [0.3, 0.4) is 0 Å². The van der Waals surface area contributed by atoms with Crippen LogP contribution < -0.4 is 5.32 Å². The van der Waals surface area contributed by atoms with Crippen molar-refractivity contribution in [3.63, 3.8) is 0 Å². The van der Waals surface area contributed by atoms with Gasteiger partial charge in [0.2, 0.25) is 0 Å². The smallest absolute Gasteiger partial charge is 0.188 e. The zero-order valence-electron chi connectivity index (χ0n) is 11.4. The summed E-state index contributed by atoms with van der Waals surface area (Å²) in [6, 6.07) is 10.1. The Balaban J connectivity index is 1.55. The molecule has 0 saturated heterocycles. The highest BCUT2D eigenvalue weighted by Gasteiger charge is 2.23. The third kappa shape index (κ3) is 2.78. The molecule has 3 aromatic heterocycles. The molecule has 0 unspecified atom stereocenters. The van der Waals surface area contributed by atoms with Gasteiger partial charge < -0.3 is 5.32 Å². The molecule has 1 fully saturated rings. The highest BCUT2D eigenvalue weighted by atomic mass is 32.1. The fraction of sp³-hybridized carbons (Fsp3) is 0.188. The molecular formula is C16H14N4S. The molecule has 104 valence electrons. The fourth-order valence-electron chi connectivity index (χ4n) is 2.26. The van der Waals surface area contributed by atoms with Crippen LogP contribution >= 0.6 is 11.3 Å². The van der Waals surface area contributed by atoms with Crippen molar-refractivity contribution < 1.29 is 0 Å². The molecule has 0 bridgehead atoms. The van der Waals surface area contributed by atoms with Gasteiger partial charge >= 0.3 is 0 Å². The molecule has 0 aliphatic heterocycles. The van der Waals surface area contributed by atoms with Crippen molar-refractivity contribution in [3.8, 4) is 11.4 Å². The van der Waals surface area contributed by atoms with E-state index in [1.54, 1.807) is 17.5 Å². The Kier molecular flexibility index (Phi) is 3.12. The van der Waals surface area contributed by atoms with Gasteiger partial charge in [0.25, 0.3) is 0 Å². The lowest BCUT2D eigenvalue weighted by atomic mass is 10.2. The lowest BCUT2D eigenvalue weighted by Crippen LogP contribution is -1.94. The Hall–Kier alpha value is -2.27. The number of nitrogens with zero attached hydrogens (tertiary/aromatic N) is 3. The van der Waals surface area contributed by atoms with Gasteiger partial charge in [0.15, 0.2) is 5.13 Å². The summed E-state index contributed by atoms with van der Waals surface area (Å²) in [6.45, 7) is 0. The molecule has 0 spiro atoms. The van der Waals surface area contributed by atoms with E-state index in [2.05, 4.69) is 32.4 Å². The van der Waals surface area contributed by atoms with E-state index in [1.165, 1.54) is 18.4 Å². The molecule has 3 heterocycles. The lowest BCUT2D eigenvalue weighted by Gasteiger charge is -2.03. The predicted molar refractivity (Wildman–Crippen MR) is 84.8 cm³/mol. The molecule has 21 heavy (non-hydrogen) atoms. The molecule has 0 radical (unpaired) electrons. The first-order chi connectivity index (χ1) is 10.4. The zero-order valence-corrected chi connectivity index (χ0v) is 12.2. The second-order valence-electron chi connectivity index (χ2n) is 5.13. The van der Waals surface area contributed by atoms with Gasteiger partial charge in [-0.05, 0) is 48.6 Å². The number of thiazole rings is 1. The van der Waals surface area contributed by atoms with Crippen LogP contribution in [0.25, 0.3) is 11.4 Å². The Labute approximate surface area is 126 Å². The average molecular weight is 294 g/mol. The zero-order chi connectivity index (χ0) is 14.1. The maximum Gasteiger partial charge on any atom is 0.188 e. The van der Waals surface area contributed by atoms with Crippen LogP contribution in [-0.4, -0.2) is 15.0 Å². The van der Waals surface area contributed by atoms with Crippen LogP contribution in [-0.2, 0) is 0 Å². The summed E-state index contributed by atoms with van der Waals surface area (Å²) in [5.41, 5.74) is 3.15. The normalized spacial score (nSPS) is 14.1. The highest BCUT2D eigenvalue weighted by molar-refractivity contribution is 7.14. The Morgan fingerprint density at radius 1 is 1.05 bits per heavy atom. The van der Waals surface area contributed by atoms with E-state index >= 15 is 0 Å². The number of aromatic nitrogens is 3. The van der Waals surface area contributed by atoms with E-state index in [4.69, 9.17) is 0 Å². The first-order valence-corrected chi connectivity index (χ1v) is 7.86. The van der Waals surface area contributed by atoms with Crippen molar-refractivity contribution in [2.24, 2.45) is 0 Å². The van der Waals surface area contributed by atoms with E-state index in [1.807, 2.05) is 29.8 Å². The number of pyridine rings is 2. The summed E-state index contributed by atoms with van der Waals surface area (Å²) in [4.78, 5) is 13.3. The van der Waals surface area contributed by atoms with Crippen LogP contribution in [0, 0.1) is 0 Å². The molecule has 0 amide bonds. The number of rotatable bonds is 4. The molecule has 0 aromatic carbocycles. The van der Waals surface area contributed by atoms with Crippen molar-refractivity contribution in [2.45, 2.75) is 18.8 Å². The van der Waals surface area contributed by atoms with Crippen molar-refractivity contribution >= 4 is 22.3 Å². The van der Waals surface area contributed by atoms with Crippen LogP contribution in [0.2, 0.25) is 0 Å². The van der Waals surface area contributed by atoms with Gasteiger partial charge in [-0.2, -0.15) is 0 Å². The first-order valence-electron chi connectivity index (χ1n) is 6.98. The van der Waals surface area contributed by atoms with E-state index in [-0.39, 0.29) is 0 Å². The first kappa shape index (κ1) is 12.5. The van der Waals surface area contributed by atoms with E-state index < -0.39 is 0 Å². The summed E-state index contributed by atoms with van der Waals surface area (Å²) in [5.74, 6) is 1.59. The summed E-state index contributed by atoms with van der Waals surface area (Å²) >= 11 is 1.57. The largest absolute Gasteiger partial charge is 0.316 e. The second kappa shape index (κ2) is 5.26. The van der Waals surface area contributed by atoms with E-state index in [0.717, 1.165) is 28.3 Å². The number of nitrogens with one attached hydrogen (secondary N) is 1. The molecule has 1 N–H and O–H groups in total. The maximum absolute atomic E-state index is 4.57. The summed E-state index contributed by atoms with van der Waals surface area (Å²) in [6.07, 6.45) is 6.24. The van der Waals surface area contributed by atoms with Gasteiger partial charge in [0.05, 0.1) is 5.69 Å². The standard InChI is InChI=1S/C16H14N4S/c1-2-7-17-13(3-1)14-10-21-16(19-14)20-15-9-12(6-8-18-15)11-4-5-11/h1-3,6-11H,4-5H2,(H,18,19,20). The topological polar surface area (TPSA) is 50.7 Å². The Morgan fingerprint density at radius 2 is 2.00 bits per heavy atom. The van der Waals surface area contributed by atoms with Crippen molar-refractivity contribution in [1.29, 1.82) is 0 Å². The molecular weight excluding hydrogens is 280 g/mol. The maximum atomic E-state index is 4.57. The minimum absolute atomic E-state index is 0.730. The SMILES string of the molecule is c1ccc(-c2csc(Nc3cc(C4CC4)ccn3)n2)nc1. The third-order valence-corrected chi connectivity index (χ3v) is 4.26. The van der Waals surface area contributed by atoms with Crippen LogP contribution in [0.5, 0.6) is 0 Å². The lowest BCUT2D eigenvalue weighted by molar-refractivity contribution is 1.11. The van der Waals surface area contributed by atoms with Gasteiger partial charge in [-0.15, -0.1) is 11.3 Å². The van der Waals surface area contributed by atoms with Crippen molar-refractivity contribution in [2.75, 3.05) is 5.32 Å². The van der Waals surface area contributed by atoms with Crippen molar-refractivity contribution in [1.82, 2.24) is 15.0 Å². The minimum atomic E-state index is 0.730. The molecule has 3 aromatic rings. The van der Waals surface area contributed by atoms with Gasteiger partial charge in [0.1, 0.15) is 11.5 Å². The number of anilines is 2. The summed E-state index contributed by atoms with van der Waals surface area (Å²) < 4.78 is 0. The van der Waals surface area contributed by atoms with Crippen LogP contribution in [0.1, 0.15) is 24.3 Å². The molecule has 0 atom stereocenters. The Bertz CT molecular complexity index is 750. The van der Waals surface area contributed by atoms with Crippen LogP contribution in [0.15, 0.2) is 48.1 Å². The monoisotopic (exact) mass is 294 g/mol. The third-order valence-electron chi connectivity index (χ3n) is 3.50. The van der Waals surface area contributed by atoms with Gasteiger partial charge in [-0.1, -0.05) is 6.07 Å². The minimum Gasteiger partial charge on any atom is -0.316 e. The molecule has 5 heteroatoms. The second-order valence-corrected chi connectivity index (χ2v) is 5.98.